The van der Waals surface area contributed by atoms with Gasteiger partial charge in [0.1, 0.15) is 5.82 Å². The number of hydrogen-bond donors (Lipinski definition) is 1. The van der Waals surface area contributed by atoms with E-state index in [0.29, 0.717) is 17.9 Å². The van der Waals surface area contributed by atoms with Crippen LogP contribution in [0, 0.1) is 5.82 Å². The van der Waals surface area contributed by atoms with Crippen LogP contribution in [-0.4, -0.2) is 30.9 Å². The van der Waals surface area contributed by atoms with Crippen LogP contribution in [0.25, 0.3) is 0 Å². The molecule has 2 rings (SSSR count). The van der Waals surface area contributed by atoms with Crippen molar-refractivity contribution in [2.24, 2.45) is 0 Å². The van der Waals surface area contributed by atoms with Gasteiger partial charge in [0.05, 0.1) is 18.4 Å². The van der Waals surface area contributed by atoms with E-state index in [4.69, 9.17) is 9.84 Å². The normalized spacial score (nSPS) is 20.2. The fourth-order valence-corrected chi connectivity index (χ4v) is 2.43. The SMILES string of the molecule is CCOC1CCCN(c2ccc(CO)cc2F)C1. The van der Waals surface area contributed by atoms with E-state index in [-0.39, 0.29) is 18.5 Å². The lowest BCUT2D eigenvalue weighted by Gasteiger charge is -2.34. The maximum atomic E-state index is 13.9. The quantitative estimate of drug-likeness (QED) is 0.894. The van der Waals surface area contributed by atoms with E-state index in [9.17, 15) is 4.39 Å². The first-order valence-electron chi connectivity index (χ1n) is 6.50. The summed E-state index contributed by atoms with van der Waals surface area (Å²) in [6, 6.07) is 4.91. The molecule has 1 heterocycles. The van der Waals surface area contributed by atoms with E-state index < -0.39 is 0 Å². The fraction of sp³-hybridized carbons (Fsp3) is 0.571. The minimum Gasteiger partial charge on any atom is -0.392 e. The topological polar surface area (TPSA) is 32.7 Å². The Morgan fingerprint density at radius 1 is 1.50 bits per heavy atom. The standard InChI is InChI=1S/C14H20FNO2/c1-2-18-12-4-3-7-16(9-12)14-6-5-11(10-17)8-13(14)15/h5-6,8,12,17H,2-4,7,9-10H2,1H3. The molecular formula is C14H20FNO2. The van der Waals surface area contributed by atoms with Crippen molar-refractivity contribution >= 4 is 5.69 Å². The number of nitrogens with zero attached hydrogens (tertiary/aromatic N) is 1. The third-order valence-electron chi connectivity index (χ3n) is 3.32. The molecule has 1 fully saturated rings. The van der Waals surface area contributed by atoms with Crippen molar-refractivity contribution in [3.63, 3.8) is 0 Å². The van der Waals surface area contributed by atoms with Gasteiger partial charge < -0.3 is 14.7 Å². The van der Waals surface area contributed by atoms with Crippen molar-refractivity contribution in [1.82, 2.24) is 0 Å². The number of piperidine rings is 1. The fourth-order valence-electron chi connectivity index (χ4n) is 2.43. The Bertz CT molecular complexity index is 395. The van der Waals surface area contributed by atoms with Gasteiger partial charge in [-0.05, 0) is 37.5 Å². The van der Waals surface area contributed by atoms with Crippen LogP contribution in [0.1, 0.15) is 25.3 Å². The average molecular weight is 253 g/mol. The number of benzene rings is 1. The first kappa shape index (κ1) is 13.3. The molecule has 0 aromatic heterocycles. The monoisotopic (exact) mass is 253 g/mol. The molecule has 1 unspecified atom stereocenters. The zero-order valence-electron chi connectivity index (χ0n) is 10.7. The average Bonchev–Trinajstić information content (AvgIpc) is 2.39. The molecular weight excluding hydrogens is 233 g/mol. The highest BCUT2D eigenvalue weighted by Gasteiger charge is 2.22. The maximum Gasteiger partial charge on any atom is 0.146 e. The van der Waals surface area contributed by atoms with Crippen LogP contribution in [0.15, 0.2) is 18.2 Å². The highest BCUT2D eigenvalue weighted by atomic mass is 19.1. The second-order valence-electron chi connectivity index (χ2n) is 4.61. The predicted octanol–water partition coefficient (Wildman–Crippen LogP) is 2.32. The molecule has 1 aromatic rings. The molecule has 0 saturated carbocycles. The smallest absolute Gasteiger partial charge is 0.146 e. The molecule has 0 bridgehead atoms. The van der Waals surface area contributed by atoms with Crippen LogP contribution in [0.4, 0.5) is 10.1 Å². The van der Waals surface area contributed by atoms with Crippen molar-refractivity contribution in [2.45, 2.75) is 32.5 Å². The maximum absolute atomic E-state index is 13.9. The van der Waals surface area contributed by atoms with Gasteiger partial charge in [-0.2, -0.15) is 0 Å². The second kappa shape index (κ2) is 6.16. The number of halogens is 1. The molecule has 18 heavy (non-hydrogen) atoms. The van der Waals surface area contributed by atoms with E-state index in [1.807, 2.05) is 11.8 Å². The Labute approximate surface area is 107 Å². The van der Waals surface area contributed by atoms with Gasteiger partial charge in [0.2, 0.25) is 0 Å². The largest absolute Gasteiger partial charge is 0.392 e. The van der Waals surface area contributed by atoms with Gasteiger partial charge in [-0.15, -0.1) is 0 Å². The van der Waals surface area contributed by atoms with Crippen LogP contribution in [-0.2, 0) is 11.3 Å². The van der Waals surface area contributed by atoms with E-state index >= 15 is 0 Å². The Balaban J connectivity index is 2.10. The van der Waals surface area contributed by atoms with Gasteiger partial charge in [-0.3, -0.25) is 0 Å². The molecule has 0 spiro atoms. The van der Waals surface area contributed by atoms with Gasteiger partial charge in [0.25, 0.3) is 0 Å². The number of aliphatic hydroxyl groups excluding tert-OH is 1. The second-order valence-corrected chi connectivity index (χ2v) is 4.61. The van der Waals surface area contributed by atoms with Gasteiger partial charge >= 0.3 is 0 Å². The summed E-state index contributed by atoms with van der Waals surface area (Å²) in [5.41, 5.74) is 1.21. The molecule has 4 heteroatoms. The summed E-state index contributed by atoms with van der Waals surface area (Å²) in [5, 5.41) is 8.98. The highest BCUT2D eigenvalue weighted by molar-refractivity contribution is 5.49. The van der Waals surface area contributed by atoms with Crippen molar-refractivity contribution in [1.29, 1.82) is 0 Å². The Morgan fingerprint density at radius 2 is 2.33 bits per heavy atom. The van der Waals surface area contributed by atoms with Crippen molar-refractivity contribution in [2.75, 3.05) is 24.6 Å². The van der Waals surface area contributed by atoms with E-state index in [2.05, 4.69) is 0 Å². The lowest BCUT2D eigenvalue weighted by molar-refractivity contribution is 0.0525. The third-order valence-corrected chi connectivity index (χ3v) is 3.32. The van der Waals surface area contributed by atoms with E-state index in [1.165, 1.54) is 6.07 Å². The highest BCUT2D eigenvalue weighted by Crippen LogP contribution is 2.25. The summed E-state index contributed by atoms with van der Waals surface area (Å²) >= 11 is 0. The lowest BCUT2D eigenvalue weighted by Crippen LogP contribution is -2.40. The molecule has 3 nitrogen and oxygen atoms in total. The van der Waals surface area contributed by atoms with Crippen LogP contribution in [0.2, 0.25) is 0 Å². The summed E-state index contributed by atoms with van der Waals surface area (Å²) in [5.74, 6) is -0.265. The molecule has 1 aromatic carbocycles. The first-order chi connectivity index (χ1) is 8.74. The van der Waals surface area contributed by atoms with E-state index in [1.54, 1.807) is 12.1 Å². The molecule has 1 aliphatic rings. The summed E-state index contributed by atoms with van der Waals surface area (Å²) < 4.78 is 19.6. The molecule has 0 aliphatic carbocycles. The predicted molar refractivity (Wildman–Crippen MR) is 69.2 cm³/mol. The first-order valence-corrected chi connectivity index (χ1v) is 6.50. The Morgan fingerprint density at radius 3 is 3.00 bits per heavy atom. The summed E-state index contributed by atoms with van der Waals surface area (Å²) in [7, 11) is 0. The van der Waals surface area contributed by atoms with Crippen molar-refractivity contribution in [3.05, 3.63) is 29.6 Å². The molecule has 1 saturated heterocycles. The lowest BCUT2D eigenvalue weighted by atomic mass is 10.1. The van der Waals surface area contributed by atoms with Crippen LogP contribution < -0.4 is 4.90 Å². The van der Waals surface area contributed by atoms with E-state index in [0.717, 1.165) is 25.9 Å². The molecule has 1 N–H and O–H groups in total. The third kappa shape index (κ3) is 3.00. The van der Waals surface area contributed by atoms with Gasteiger partial charge in [-0.1, -0.05) is 6.07 Å². The summed E-state index contributed by atoms with van der Waals surface area (Å²) in [6.45, 7) is 4.15. The minimum absolute atomic E-state index is 0.126. The van der Waals surface area contributed by atoms with Gasteiger partial charge in [0, 0.05) is 19.7 Å². The van der Waals surface area contributed by atoms with Crippen LogP contribution >= 0.6 is 0 Å². The van der Waals surface area contributed by atoms with Crippen LogP contribution in [0.5, 0.6) is 0 Å². The number of rotatable bonds is 4. The molecule has 1 atom stereocenters. The summed E-state index contributed by atoms with van der Waals surface area (Å²) in [4.78, 5) is 2.03. The zero-order chi connectivity index (χ0) is 13.0. The molecule has 1 aliphatic heterocycles. The number of hydrogen-bond acceptors (Lipinski definition) is 3. The van der Waals surface area contributed by atoms with Gasteiger partial charge in [0.15, 0.2) is 0 Å². The minimum atomic E-state index is -0.265. The summed E-state index contributed by atoms with van der Waals surface area (Å²) in [6.07, 6.45) is 2.26. The van der Waals surface area contributed by atoms with Crippen LogP contribution in [0.3, 0.4) is 0 Å². The molecule has 100 valence electrons. The molecule has 0 radical (unpaired) electrons. The Hall–Kier alpha value is -1.13. The van der Waals surface area contributed by atoms with Gasteiger partial charge in [-0.25, -0.2) is 4.39 Å². The number of anilines is 1. The number of ether oxygens (including phenoxy) is 1. The zero-order valence-corrected chi connectivity index (χ0v) is 10.7. The Kier molecular flexibility index (Phi) is 4.55. The van der Waals surface area contributed by atoms with Crippen molar-refractivity contribution < 1.29 is 14.2 Å². The molecule has 0 amide bonds. The van der Waals surface area contributed by atoms with Crippen molar-refractivity contribution in [3.8, 4) is 0 Å². The number of aliphatic hydroxyl groups is 1.